The summed E-state index contributed by atoms with van der Waals surface area (Å²) in [5.41, 5.74) is 5.13. The van der Waals surface area contributed by atoms with Crippen molar-refractivity contribution in [2.45, 2.75) is 6.42 Å². The van der Waals surface area contributed by atoms with Gasteiger partial charge in [-0.2, -0.15) is 0 Å². The highest BCUT2D eigenvalue weighted by Gasteiger charge is 2.11. The van der Waals surface area contributed by atoms with Gasteiger partial charge in [0.1, 0.15) is 0 Å². The summed E-state index contributed by atoms with van der Waals surface area (Å²) in [6, 6.07) is 3.91. The van der Waals surface area contributed by atoms with Crippen LogP contribution in [0.1, 0.15) is 12.0 Å². The number of carbonyl (C=O) groups is 1. The summed E-state index contributed by atoms with van der Waals surface area (Å²) in [6.07, 6.45) is 3.15. The molecule has 0 aliphatic rings. The van der Waals surface area contributed by atoms with Crippen LogP contribution in [0.3, 0.4) is 0 Å². The van der Waals surface area contributed by atoms with E-state index in [0.29, 0.717) is 5.56 Å². The number of hydrogen-bond donors (Lipinski definition) is 2. The molecule has 1 rings (SSSR count). The lowest BCUT2D eigenvalue weighted by molar-refractivity contribution is -0.385. The Bertz CT molecular complexity index is 454. The number of aromatic hydroxyl groups is 1. The molecule has 1 aromatic rings. The van der Waals surface area contributed by atoms with Crippen molar-refractivity contribution in [3.05, 3.63) is 40.0 Å². The molecule has 0 atom stereocenters. The molecule has 0 saturated heterocycles. The molecule has 6 nitrogen and oxygen atoms in total. The Kier molecular flexibility index (Phi) is 3.60. The van der Waals surface area contributed by atoms with Crippen LogP contribution in [0.25, 0.3) is 6.08 Å². The topological polar surface area (TPSA) is 106 Å². The number of amides is 1. The van der Waals surface area contributed by atoms with Crippen LogP contribution in [0, 0.1) is 10.1 Å². The molecule has 0 aromatic heterocycles. The van der Waals surface area contributed by atoms with Gasteiger partial charge < -0.3 is 10.8 Å². The predicted octanol–water partition coefficient (Wildman–Crippen LogP) is 1.19. The first-order chi connectivity index (χ1) is 7.50. The van der Waals surface area contributed by atoms with Gasteiger partial charge in [0, 0.05) is 12.5 Å². The van der Waals surface area contributed by atoms with E-state index in [-0.39, 0.29) is 12.1 Å². The highest BCUT2D eigenvalue weighted by atomic mass is 16.6. The summed E-state index contributed by atoms with van der Waals surface area (Å²) >= 11 is 0. The molecule has 0 heterocycles. The molecule has 0 saturated carbocycles. The molecular formula is C10H10N2O4. The molecule has 0 aliphatic carbocycles. The molecule has 0 aliphatic heterocycles. The van der Waals surface area contributed by atoms with E-state index in [2.05, 4.69) is 0 Å². The molecule has 6 heteroatoms. The van der Waals surface area contributed by atoms with Crippen molar-refractivity contribution >= 4 is 17.7 Å². The van der Waals surface area contributed by atoms with E-state index in [1.54, 1.807) is 6.08 Å². The Morgan fingerprint density at radius 2 is 2.25 bits per heavy atom. The number of phenolic OH excluding ortho intramolecular Hbond substituents is 1. The quantitative estimate of drug-likeness (QED) is 0.589. The minimum Gasteiger partial charge on any atom is -0.502 e. The molecule has 3 N–H and O–H groups in total. The second-order valence-electron chi connectivity index (χ2n) is 3.08. The monoisotopic (exact) mass is 222 g/mol. The summed E-state index contributed by atoms with van der Waals surface area (Å²) in [7, 11) is 0. The Labute approximate surface area is 91.2 Å². The van der Waals surface area contributed by atoms with Crippen LogP contribution in [-0.4, -0.2) is 15.9 Å². The first-order valence-electron chi connectivity index (χ1n) is 4.43. The zero-order chi connectivity index (χ0) is 12.1. The Balaban J connectivity index is 2.85. The molecule has 0 fully saturated rings. The third-order valence-electron chi connectivity index (χ3n) is 1.83. The van der Waals surface area contributed by atoms with E-state index in [1.165, 1.54) is 24.3 Å². The number of carbonyl (C=O) groups excluding carboxylic acids is 1. The van der Waals surface area contributed by atoms with E-state index >= 15 is 0 Å². The van der Waals surface area contributed by atoms with Crippen molar-refractivity contribution in [3.63, 3.8) is 0 Å². The van der Waals surface area contributed by atoms with Gasteiger partial charge >= 0.3 is 5.69 Å². The van der Waals surface area contributed by atoms with Gasteiger partial charge in [-0.15, -0.1) is 0 Å². The lowest BCUT2D eigenvalue weighted by Gasteiger charge is -1.97. The van der Waals surface area contributed by atoms with Crippen LogP contribution < -0.4 is 5.73 Å². The van der Waals surface area contributed by atoms with Crippen LogP contribution in [0.2, 0.25) is 0 Å². The minimum absolute atomic E-state index is 0.0811. The van der Waals surface area contributed by atoms with Gasteiger partial charge in [0.2, 0.25) is 5.91 Å². The number of rotatable bonds is 4. The summed E-state index contributed by atoms with van der Waals surface area (Å²) in [6.45, 7) is 0. The number of primary amides is 1. The summed E-state index contributed by atoms with van der Waals surface area (Å²) in [4.78, 5) is 20.2. The molecule has 1 amide bonds. The first-order valence-corrected chi connectivity index (χ1v) is 4.43. The molecule has 84 valence electrons. The fraction of sp³-hybridized carbons (Fsp3) is 0.100. The molecule has 0 radical (unpaired) electrons. The smallest absolute Gasteiger partial charge is 0.310 e. The van der Waals surface area contributed by atoms with Gasteiger partial charge in [0.05, 0.1) is 4.92 Å². The third kappa shape index (κ3) is 3.09. The third-order valence-corrected chi connectivity index (χ3v) is 1.83. The molecule has 1 aromatic carbocycles. The molecule has 16 heavy (non-hydrogen) atoms. The van der Waals surface area contributed by atoms with Crippen molar-refractivity contribution in [1.82, 2.24) is 0 Å². The van der Waals surface area contributed by atoms with Gasteiger partial charge in [-0.1, -0.05) is 12.2 Å². The molecule has 0 bridgehead atoms. The average molecular weight is 222 g/mol. The van der Waals surface area contributed by atoms with E-state index < -0.39 is 16.6 Å². The van der Waals surface area contributed by atoms with Crippen molar-refractivity contribution in [2.24, 2.45) is 5.73 Å². The van der Waals surface area contributed by atoms with Gasteiger partial charge in [0.25, 0.3) is 0 Å². The maximum absolute atomic E-state index is 10.4. The van der Waals surface area contributed by atoms with Gasteiger partial charge in [-0.25, -0.2) is 0 Å². The fourth-order valence-electron chi connectivity index (χ4n) is 1.11. The lowest BCUT2D eigenvalue weighted by atomic mass is 10.1. The van der Waals surface area contributed by atoms with Gasteiger partial charge in [-0.05, 0) is 17.7 Å². The maximum Gasteiger partial charge on any atom is 0.310 e. The lowest BCUT2D eigenvalue weighted by Crippen LogP contribution is -2.07. The first kappa shape index (κ1) is 11.7. The van der Waals surface area contributed by atoms with E-state index in [4.69, 9.17) is 5.73 Å². The van der Waals surface area contributed by atoms with Crippen LogP contribution in [0.15, 0.2) is 24.3 Å². The molecule has 0 unspecified atom stereocenters. The van der Waals surface area contributed by atoms with Crippen molar-refractivity contribution in [1.29, 1.82) is 0 Å². The standard InChI is InChI=1S/C10H10N2O4/c11-10(14)3-1-2-7-4-5-8(12(15)16)9(13)6-7/h1-2,4-6,13H,3H2,(H2,11,14). The Morgan fingerprint density at radius 1 is 1.56 bits per heavy atom. The van der Waals surface area contributed by atoms with E-state index in [1.807, 2.05) is 0 Å². The fourth-order valence-corrected chi connectivity index (χ4v) is 1.11. The SMILES string of the molecule is NC(=O)CC=Cc1ccc([N+](=O)[O-])c(O)c1. The van der Waals surface area contributed by atoms with Crippen LogP contribution in [-0.2, 0) is 4.79 Å². The predicted molar refractivity (Wildman–Crippen MR) is 57.6 cm³/mol. The largest absolute Gasteiger partial charge is 0.502 e. The average Bonchev–Trinajstić information content (AvgIpc) is 2.16. The second kappa shape index (κ2) is 4.92. The Morgan fingerprint density at radius 3 is 2.75 bits per heavy atom. The number of nitrogens with zero attached hydrogens (tertiary/aromatic N) is 1. The maximum atomic E-state index is 10.4. The highest BCUT2D eigenvalue weighted by molar-refractivity contribution is 5.76. The summed E-state index contributed by atoms with van der Waals surface area (Å²) in [5.74, 6) is -0.881. The van der Waals surface area contributed by atoms with E-state index in [0.717, 1.165) is 0 Å². The van der Waals surface area contributed by atoms with Crippen LogP contribution >= 0.6 is 0 Å². The zero-order valence-corrected chi connectivity index (χ0v) is 8.29. The van der Waals surface area contributed by atoms with Crippen LogP contribution in [0.4, 0.5) is 5.69 Å². The van der Waals surface area contributed by atoms with E-state index in [9.17, 15) is 20.0 Å². The number of phenols is 1. The zero-order valence-electron chi connectivity index (χ0n) is 8.29. The number of nitro benzene ring substituents is 1. The highest BCUT2D eigenvalue weighted by Crippen LogP contribution is 2.26. The number of nitro groups is 1. The Hall–Kier alpha value is -2.37. The molecular weight excluding hydrogens is 212 g/mol. The van der Waals surface area contributed by atoms with Crippen LogP contribution in [0.5, 0.6) is 5.75 Å². The number of benzene rings is 1. The number of hydrogen-bond acceptors (Lipinski definition) is 4. The summed E-state index contributed by atoms with van der Waals surface area (Å²) in [5, 5.41) is 19.7. The van der Waals surface area contributed by atoms with Gasteiger partial charge in [-0.3, -0.25) is 14.9 Å². The van der Waals surface area contributed by atoms with Gasteiger partial charge in [0.15, 0.2) is 5.75 Å². The van der Waals surface area contributed by atoms with Crippen molar-refractivity contribution in [2.75, 3.05) is 0 Å². The van der Waals surface area contributed by atoms with Crippen molar-refractivity contribution in [3.8, 4) is 5.75 Å². The summed E-state index contributed by atoms with van der Waals surface area (Å²) < 4.78 is 0. The minimum atomic E-state index is -0.674. The normalized spacial score (nSPS) is 10.5. The second-order valence-corrected chi connectivity index (χ2v) is 3.08. The van der Waals surface area contributed by atoms with Crippen molar-refractivity contribution < 1.29 is 14.8 Å². The number of nitrogens with two attached hydrogens (primary N) is 1. The molecule has 0 spiro atoms.